The predicted molar refractivity (Wildman–Crippen MR) is 69.5 cm³/mol. The Morgan fingerprint density at radius 2 is 2.12 bits per heavy atom. The van der Waals surface area contributed by atoms with E-state index in [0.29, 0.717) is 5.88 Å². The maximum Gasteiger partial charge on any atom is 0.123 e. The van der Waals surface area contributed by atoms with E-state index >= 15 is 0 Å². The first-order valence-corrected chi connectivity index (χ1v) is 6.27. The van der Waals surface area contributed by atoms with Crippen LogP contribution in [0, 0.1) is 5.82 Å². The summed E-state index contributed by atoms with van der Waals surface area (Å²) in [4.78, 5) is 2.19. The molecule has 0 aliphatic heterocycles. The lowest BCUT2D eigenvalue weighted by Gasteiger charge is -2.16. The third kappa shape index (κ3) is 4.92. The summed E-state index contributed by atoms with van der Waals surface area (Å²) in [5.41, 5.74) is 0.908. The second kappa shape index (κ2) is 7.51. The predicted octanol–water partition coefficient (Wildman–Crippen LogP) is 2.94. The molecule has 0 aliphatic rings. The molecule has 1 aromatic carbocycles. The zero-order valence-electron chi connectivity index (χ0n) is 10.4. The van der Waals surface area contributed by atoms with Crippen molar-refractivity contribution in [3.05, 3.63) is 29.6 Å². The Kier molecular flexibility index (Phi) is 6.30. The number of methoxy groups -OCH3 is 1. The molecule has 0 radical (unpaired) electrons. The fourth-order valence-electron chi connectivity index (χ4n) is 1.70. The number of alkyl halides is 1. The van der Waals surface area contributed by atoms with E-state index in [4.69, 9.17) is 16.3 Å². The second-order valence-electron chi connectivity index (χ2n) is 4.05. The number of rotatable bonds is 7. The van der Waals surface area contributed by atoms with Gasteiger partial charge >= 0.3 is 0 Å². The van der Waals surface area contributed by atoms with Crippen LogP contribution in [0.3, 0.4) is 0 Å². The molecule has 0 atom stereocenters. The summed E-state index contributed by atoms with van der Waals surface area (Å²) in [7, 11) is 3.65. The van der Waals surface area contributed by atoms with Crippen LogP contribution in [0.1, 0.15) is 12.0 Å². The van der Waals surface area contributed by atoms with Gasteiger partial charge in [0.05, 0.1) is 7.11 Å². The van der Waals surface area contributed by atoms with Gasteiger partial charge < -0.3 is 9.64 Å². The molecule has 96 valence electrons. The topological polar surface area (TPSA) is 12.5 Å². The monoisotopic (exact) mass is 259 g/mol. The number of likely N-dealkylation sites (N-methyl/N-ethyl adjacent to an activating group) is 1. The summed E-state index contributed by atoms with van der Waals surface area (Å²) in [5.74, 6) is 1.20. The Hall–Kier alpha value is -0.800. The summed E-state index contributed by atoms with van der Waals surface area (Å²) >= 11 is 5.63. The van der Waals surface area contributed by atoms with E-state index in [0.717, 1.165) is 37.2 Å². The van der Waals surface area contributed by atoms with E-state index in [-0.39, 0.29) is 5.82 Å². The minimum absolute atomic E-state index is 0.218. The van der Waals surface area contributed by atoms with Crippen molar-refractivity contribution >= 4 is 11.6 Å². The number of halogens is 2. The third-order valence-electron chi connectivity index (χ3n) is 2.68. The minimum Gasteiger partial charge on any atom is -0.496 e. The van der Waals surface area contributed by atoms with Crippen LogP contribution in [0.2, 0.25) is 0 Å². The van der Waals surface area contributed by atoms with Gasteiger partial charge in [-0.25, -0.2) is 4.39 Å². The smallest absolute Gasteiger partial charge is 0.123 e. The third-order valence-corrected chi connectivity index (χ3v) is 2.95. The lowest BCUT2D eigenvalue weighted by molar-refractivity contribution is 0.336. The first-order chi connectivity index (χ1) is 8.17. The van der Waals surface area contributed by atoms with Crippen LogP contribution in [-0.4, -0.2) is 38.0 Å². The van der Waals surface area contributed by atoms with E-state index < -0.39 is 0 Å². The normalized spacial score (nSPS) is 10.9. The van der Waals surface area contributed by atoms with Crippen LogP contribution in [0.4, 0.5) is 4.39 Å². The molecule has 0 aromatic heterocycles. The number of hydrogen-bond donors (Lipinski definition) is 0. The lowest BCUT2D eigenvalue weighted by Crippen LogP contribution is -2.22. The van der Waals surface area contributed by atoms with Gasteiger partial charge in [0.1, 0.15) is 11.6 Å². The van der Waals surface area contributed by atoms with Crippen molar-refractivity contribution in [2.75, 3.05) is 33.1 Å². The Bertz CT molecular complexity index is 346. The van der Waals surface area contributed by atoms with Gasteiger partial charge in [-0.2, -0.15) is 0 Å². The van der Waals surface area contributed by atoms with Crippen molar-refractivity contribution in [3.8, 4) is 5.75 Å². The first kappa shape index (κ1) is 14.3. The maximum atomic E-state index is 13.1. The molecule has 0 saturated carbocycles. The van der Waals surface area contributed by atoms with Gasteiger partial charge in [-0.05, 0) is 50.2 Å². The van der Waals surface area contributed by atoms with Crippen LogP contribution < -0.4 is 4.74 Å². The standard InChI is InChI=1S/C13H19ClFNO/c1-16(8-3-7-14)9-6-11-10-12(15)4-5-13(11)17-2/h4-5,10H,3,6-9H2,1-2H3. The SMILES string of the molecule is COc1ccc(F)cc1CCN(C)CCCCl. The number of nitrogens with zero attached hydrogens (tertiary/aromatic N) is 1. The van der Waals surface area contributed by atoms with Gasteiger partial charge in [0.15, 0.2) is 0 Å². The Morgan fingerprint density at radius 3 is 2.76 bits per heavy atom. The summed E-state index contributed by atoms with van der Waals surface area (Å²) in [5, 5.41) is 0. The Balaban J connectivity index is 2.52. The Morgan fingerprint density at radius 1 is 1.35 bits per heavy atom. The highest BCUT2D eigenvalue weighted by Crippen LogP contribution is 2.19. The van der Waals surface area contributed by atoms with Crippen molar-refractivity contribution in [3.63, 3.8) is 0 Å². The number of ether oxygens (including phenoxy) is 1. The van der Waals surface area contributed by atoms with Crippen molar-refractivity contribution in [1.29, 1.82) is 0 Å². The quantitative estimate of drug-likeness (QED) is 0.698. The highest BCUT2D eigenvalue weighted by Gasteiger charge is 2.06. The lowest BCUT2D eigenvalue weighted by atomic mass is 10.1. The number of benzene rings is 1. The van der Waals surface area contributed by atoms with Gasteiger partial charge in [-0.3, -0.25) is 0 Å². The molecule has 1 rings (SSSR count). The van der Waals surface area contributed by atoms with E-state index in [1.54, 1.807) is 13.2 Å². The van der Waals surface area contributed by atoms with Crippen molar-refractivity contribution in [2.24, 2.45) is 0 Å². The van der Waals surface area contributed by atoms with Gasteiger partial charge in [-0.1, -0.05) is 0 Å². The largest absolute Gasteiger partial charge is 0.496 e. The molecule has 1 aromatic rings. The van der Waals surface area contributed by atoms with Gasteiger partial charge in [0.25, 0.3) is 0 Å². The van der Waals surface area contributed by atoms with Crippen molar-refractivity contribution in [1.82, 2.24) is 4.90 Å². The zero-order chi connectivity index (χ0) is 12.7. The molecule has 0 spiro atoms. The van der Waals surface area contributed by atoms with Crippen LogP contribution >= 0.6 is 11.6 Å². The van der Waals surface area contributed by atoms with Crippen molar-refractivity contribution in [2.45, 2.75) is 12.8 Å². The van der Waals surface area contributed by atoms with E-state index in [1.165, 1.54) is 12.1 Å². The molecule has 0 N–H and O–H groups in total. The molecular formula is C13H19ClFNO. The summed E-state index contributed by atoms with van der Waals surface area (Å²) in [6.45, 7) is 1.83. The highest BCUT2D eigenvalue weighted by molar-refractivity contribution is 6.17. The summed E-state index contributed by atoms with van der Waals surface area (Å²) in [6.07, 6.45) is 1.75. The van der Waals surface area contributed by atoms with Crippen molar-refractivity contribution < 1.29 is 9.13 Å². The van der Waals surface area contributed by atoms with E-state index in [2.05, 4.69) is 4.90 Å². The van der Waals surface area contributed by atoms with Crippen LogP contribution in [0.25, 0.3) is 0 Å². The molecule has 0 saturated heterocycles. The highest BCUT2D eigenvalue weighted by atomic mass is 35.5. The number of hydrogen-bond acceptors (Lipinski definition) is 2. The van der Waals surface area contributed by atoms with Crippen LogP contribution in [-0.2, 0) is 6.42 Å². The molecule has 0 unspecified atom stereocenters. The fraction of sp³-hybridized carbons (Fsp3) is 0.538. The molecule has 0 aliphatic carbocycles. The van der Waals surface area contributed by atoms with E-state index in [1.807, 2.05) is 7.05 Å². The van der Waals surface area contributed by atoms with Crippen LogP contribution in [0.15, 0.2) is 18.2 Å². The fourth-order valence-corrected chi connectivity index (χ4v) is 1.81. The molecule has 17 heavy (non-hydrogen) atoms. The Labute approximate surface area is 107 Å². The van der Waals surface area contributed by atoms with Gasteiger partial charge in [0, 0.05) is 12.4 Å². The second-order valence-corrected chi connectivity index (χ2v) is 4.43. The summed E-state index contributed by atoms with van der Waals surface area (Å²) in [6, 6.07) is 4.62. The summed E-state index contributed by atoms with van der Waals surface area (Å²) < 4.78 is 18.3. The first-order valence-electron chi connectivity index (χ1n) is 5.74. The molecule has 2 nitrogen and oxygen atoms in total. The van der Waals surface area contributed by atoms with Gasteiger partial charge in [-0.15, -0.1) is 11.6 Å². The van der Waals surface area contributed by atoms with Crippen LogP contribution in [0.5, 0.6) is 5.75 Å². The van der Waals surface area contributed by atoms with Gasteiger partial charge in [0.2, 0.25) is 0 Å². The molecule has 0 bridgehead atoms. The molecule has 0 heterocycles. The minimum atomic E-state index is -0.218. The molecule has 0 fully saturated rings. The maximum absolute atomic E-state index is 13.1. The molecule has 4 heteroatoms. The molecule has 0 amide bonds. The molecular weight excluding hydrogens is 241 g/mol. The average Bonchev–Trinajstić information content (AvgIpc) is 2.34. The van der Waals surface area contributed by atoms with E-state index in [9.17, 15) is 4.39 Å². The zero-order valence-corrected chi connectivity index (χ0v) is 11.1. The average molecular weight is 260 g/mol.